The molecule has 0 amide bonds. The van der Waals surface area contributed by atoms with Crippen molar-refractivity contribution in [1.29, 1.82) is 0 Å². The molecule has 0 aliphatic carbocycles. The summed E-state index contributed by atoms with van der Waals surface area (Å²) in [6.45, 7) is 0. The molecule has 0 unspecified atom stereocenters. The number of benzene rings is 2. The maximum Gasteiger partial charge on any atom is 0.101 e. The van der Waals surface area contributed by atoms with Crippen LogP contribution < -0.4 is 0 Å². The number of para-hydroxylation sites is 1. The number of hydrogen-bond acceptors (Lipinski definition) is 1. The Hall–Kier alpha value is -2.06. The van der Waals surface area contributed by atoms with Crippen molar-refractivity contribution in [2.45, 2.75) is 0 Å². The van der Waals surface area contributed by atoms with Gasteiger partial charge in [-0.05, 0) is 29.8 Å². The molecule has 86 valence electrons. The summed E-state index contributed by atoms with van der Waals surface area (Å²) in [6, 6.07) is 23.5. The second-order valence-electron chi connectivity index (χ2n) is 4.33. The number of aromatic nitrogens is 1. The minimum atomic E-state index is 1.26. The van der Waals surface area contributed by atoms with E-state index in [0.717, 1.165) is 0 Å². The van der Waals surface area contributed by atoms with Gasteiger partial charge in [0.2, 0.25) is 0 Å². The standard InChI is InChI=1S/C16H11NS/c1-2-6-12(7-3-1)13-10-11-16-17(13)14-8-4-5-9-15(14)18-16/h1-11H. The van der Waals surface area contributed by atoms with Gasteiger partial charge in [0.05, 0.1) is 15.9 Å². The molecular weight excluding hydrogens is 238 g/mol. The molecule has 2 aromatic carbocycles. The Morgan fingerprint density at radius 2 is 1.50 bits per heavy atom. The molecule has 0 N–H and O–H groups in total. The molecule has 0 bridgehead atoms. The molecule has 0 atom stereocenters. The summed E-state index contributed by atoms with van der Waals surface area (Å²) < 4.78 is 3.68. The topological polar surface area (TPSA) is 4.41 Å². The SMILES string of the molecule is c1ccc(-c2ccc3sc4ccccc4n23)cc1. The highest BCUT2D eigenvalue weighted by atomic mass is 32.1. The smallest absolute Gasteiger partial charge is 0.101 e. The van der Waals surface area contributed by atoms with Crippen molar-refractivity contribution >= 4 is 26.4 Å². The van der Waals surface area contributed by atoms with Gasteiger partial charge in [0.15, 0.2) is 0 Å². The third kappa shape index (κ3) is 1.33. The summed E-state index contributed by atoms with van der Waals surface area (Å²) in [5, 5.41) is 0. The van der Waals surface area contributed by atoms with Crippen molar-refractivity contribution in [1.82, 2.24) is 4.40 Å². The second kappa shape index (κ2) is 3.72. The predicted octanol–water partition coefficient (Wildman–Crippen LogP) is 4.82. The van der Waals surface area contributed by atoms with Crippen molar-refractivity contribution in [3.63, 3.8) is 0 Å². The lowest BCUT2D eigenvalue weighted by atomic mass is 10.1. The van der Waals surface area contributed by atoms with Crippen molar-refractivity contribution in [3.8, 4) is 11.3 Å². The fourth-order valence-electron chi connectivity index (χ4n) is 2.42. The van der Waals surface area contributed by atoms with Gasteiger partial charge in [0, 0.05) is 0 Å². The van der Waals surface area contributed by atoms with Gasteiger partial charge in [-0.3, -0.25) is 4.40 Å². The van der Waals surface area contributed by atoms with Gasteiger partial charge in [-0.1, -0.05) is 42.5 Å². The average molecular weight is 249 g/mol. The Balaban J connectivity index is 2.13. The minimum absolute atomic E-state index is 1.26. The summed E-state index contributed by atoms with van der Waals surface area (Å²) in [4.78, 5) is 1.30. The molecule has 18 heavy (non-hydrogen) atoms. The van der Waals surface area contributed by atoms with Crippen molar-refractivity contribution < 1.29 is 0 Å². The monoisotopic (exact) mass is 249 g/mol. The van der Waals surface area contributed by atoms with Gasteiger partial charge in [0.25, 0.3) is 0 Å². The Kier molecular flexibility index (Phi) is 2.05. The zero-order valence-electron chi connectivity index (χ0n) is 9.71. The number of rotatable bonds is 1. The maximum absolute atomic E-state index is 2.34. The summed E-state index contributed by atoms with van der Waals surface area (Å²) in [5.74, 6) is 0. The normalized spacial score (nSPS) is 11.3. The van der Waals surface area contributed by atoms with Gasteiger partial charge in [-0.2, -0.15) is 0 Å². The quantitative estimate of drug-likeness (QED) is 0.455. The lowest BCUT2D eigenvalue weighted by Crippen LogP contribution is -1.84. The van der Waals surface area contributed by atoms with Crippen LogP contribution in [0.4, 0.5) is 0 Å². The first-order valence-corrected chi connectivity index (χ1v) is 6.79. The van der Waals surface area contributed by atoms with Crippen LogP contribution in [0, 0.1) is 0 Å². The zero-order valence-corrected chi connectivity index (χ0v) is 10.5. The number of hydrogen-bond donors (Lipinski definition) is 0. The van der Waals surface area contributed by atoms with Crippen LogP contribution in [0.1, 0.15) is 0 Å². The lowest BCUT2D eigenvalue weighted by molar-refractivity contribution is 1.30. The van der Waals surface area contributed by atoms with Gasteiger partial charge in [0.1, 0.15) is 4.83 Å². The van der Waals surface area contributed by atoms with Crippen molar-refractivity contribution in [2.75, 3.05) is 0 Å². The average Bonchev–Trinajstić information content (AvgIpc) is 2.98. The largest absolute Gasteiger partial charge is 0.300 e. The molecule has 0 aliphatic rings. The van der Waals surface area contributed by atoms with Gasteiger partial charge in [-0.15, -0.1) is 11.3 Å². The molecule has 0 radical (unpaired) electrons. The summed E-state index contributed by atoms with van der Waals surface area (Å²) in [7, 11) is 0. The highest BCUT2D eigenvalue weighted by Crippen LogP contribution is 2.32. The van der Waals surface area contributed by atoms with Crippen LogP contribution >= 0.6 is 11.3 Å². The molecule has 0 spiro atoms. The van der Waals surface area contributed by atoms with Gasteiger partial charge >= 0.3 is 0 Å². The van der Waals surface area contributed by atoms with E-state index in [4.69, 9.17) is 0 Å². The third-order valence-corrected chi connectivity index (χ3v) is 4.33. The number of fused-ring (bicyclic) bond motifs is 3. The molecule has 0 saturated heterocycles. The summed E-state index contributed by atoms with van der Waals surface area (Å²) in [5.41, 5.74) is 3.82. The second-order valence-corrected chi connectivity index (χ2v) is 5.39. The maximum atomic E-state index is 2.34. The highest BCUT2D eigenvalue weighted by Gasteiger charge is 2.09. The molecule has 2 heteroatoms. The van der Waals surface area contributed by atoms with Crippen molar-refractivity contribution in [3.05, 3.63) is 66.7 Å². The van der Waals surface area contributed by atoms with Crippen molar-refractivity contribution in [2.24, 2.45) is 0 Å². The molecule has 0 saturated carbocycles. The number of nitrogens with zero attached hydrogens (tertiary/aromatic N) is 1. The Morgan fingerprint density at radius 1 is 0.722 bits per heavy atom. The third-order valence-electron chi connectivity index (χ3n) is 3.24. The van der Waals surface area contributed by atoms with Crippen LogP contribution in [0.25, 0.3) is 26.3 Å². The van der Waals surface area contributed by atoms with E-state index in [2.05, 4.69) is 71.1 Å². The van der Waals surface area contributed by atoms with Crippen LogP contribution in [0.15, 0.2) is 66.7 Å². The fourth-order valence-corrected chi connectivity index (χ4v) is 3.48. The molecule has 2 heterocycles. The Bertz CT molecular complexity index is 824. The van der Waals surface area contributed by atoms with E-state index in [-0.39, 0.29) is 0 Å². The molecule has 0 fully saturated rings. The minimum Gasteiger partial charge on any atom is -0.300 e. The molecule has 0 aliphatic heterocycles. The molecule has 1 nitrogen and oxygen atoms in total. The highest BCUT2D eigenvalue weighted by molar-refractivity contribution is 7.24. The Morgan fingerprint density at radius 3 is 2.39 bits per heavy atom. The van der Waals surface area contributed by atoms with E-state index < -0.39 is 0 Å². The first-order valence-electron chi connectivity index (χ1n) is 5.98. The Labute approximate surface area is 109 Å². The zero-order chi connectivity index (χ0) is 11.9. The predicted molar refractivity (Wildman–Crippen MR) is 78.2 cm³/mol. The summed E-state index contributed by atoms with van der Waals surface area (Å²) in [6.07, 6.45) is 0. The van der Waals surface area contributed by atoms with Crippen LogP contribution in [0.2, 0.25) is 0 Å². The van der Waals surface area contributed by atoms with E-state index in [1.807, 2.05) is 11.3 Å². The van der Waals surface area contributed by atoms with E-state index >= 15 is 0 Å². The van der Waals surface area contributed by atoms with Crippen LogP contribution in [-0.4, -0.2) is 4.40 Å². The van der Waals surface area contributed by atoms with Crippen LogP contribution in [0.3, 0.4) is 0 Å². The number of thiazole rings is 1. The first kappa shape index (κ1) is 9.92. The summed E-state index contributed by atoms with van der Waals surface area (Å²) >= 11 is 1.84. The van der Waals surface area contributed by atoms with Crippen LogP contribution in [0.5, 0.6) is 0 Å². The fraction of sp³-hybridized carbons (Fsp3) is 0. The van der Waals surface area contributed by atoms with E-state index in [0.29, 0.717) is 0 Å². The molecule has 4 aromatic rings. The van der Waals surface area contributed by atoms with Gasteiger partial charge in [-0.25, -0.2) is 0 Å². The first-order chi connectivity index (χ1) is 8.93. The molecular formula is C16H11NS. The molecule has 4 rings (SSSR count). The van der Waals surface area contributed by atoms with Crippen LogP contribution in [-0.2, 0) is 0 Å². The van der Waals surface area contributed by atoms with E-state index in [1.54, 1.807) is 0 Å². The molecule has 2 aromatic heterocycles. The lowest BCUT2D eigenvalue weighted by Gasteiger charge is -2.01. The van der Waals surface area contributed by atoms with E-state index in [1.165, 1.54) is 26.3 Å². The van der Waals surface area contributed by atoms with E-state index in [9.17, 15) is 0 Å². The van der Waals surface area contributed by atoms with Gasteiger partial charge < -0.3 is 0 Å².